The first-order valence-electron chi connectivity index (χ1n) is 5.04. The van der Waals surface area contributed by atoms with Crippen molar-refractivity contribution < 1.29 is 19.1 Å². The fraction of sp³-hybridized carbons (Fsp3) is 0.250. The van der Waals surface area contributed by atoms with Crippen LogP contribution in [0.2, 0.25) is 0 Å². The van der Waals surface area contributed by atoms with E-state index >= 15 is 0 Å². The number of carboxylic acids is 1. The Morgan fingerprint density at radius 2 is 2.31 bits per heavy atom. The monoisotopic (exact) mass is 220 g/mol. The van der Waals surface area contributed by atoms with Crippen molar-refractivity contribution in [2.45, 2.75) is 13.5 Å². The SMILES string of the molecule is CCOCc1coc2cccc(C(=O)O)c12. The average molecular weight is 220 g/mol. The fourth-order valence-corrected chi connectivity index (χ4v) is 1.65. The molecule has 0 aliphatic rings. The minimum absolute atomic E-state index is 0.251. The lowest BCUT2D eigenvalue weighted by atomic mass is 10.1. The van der Waals surface area contributed by atoms with Crippen molar-refractivity contribution in [2.24, 2.45) is 0 Å². The van der Waals surface area contributed by atoms with Crippen LogP contribution in [0.5, 0.6) is 0 Å². The van der Waals surface area contributed by atoms with Crippen molar-refractivity contribution in [1.82, 2.24) is 0 Å². The molecule has 4 nitrogen and oxygen atoms in total. The Morgan fingerprint density at radius 1 is 1.50 bits per heavy atom. The lowest BCUT2D eigenvalue weighted by Crippen LogP contribution is -1.99. The molecule has 0 aliphatic carbocycles. The van der Waals surface area contributed by atoms with E-state index in [1.807, 2.05) is 6.92 Å². The predicted molar refractivity (Wildman–Crippen MR) is 58.5 cm³/mol. The van der Waals surface area contributed by atoms with E-state index in [0.717, 1.165) is 5.56 Å². The number of benzene rings is 1. The number of ether oxygens (including phenoxy) is 1. The molecular weight excluding hydrogens is 208 g/mol. The highest BCUT2D eigenvalue weighted by molar-refractivity contribution is 6.03. The summed E-state index contributed by atoms with van der Waals surface area (Å²) in [6.07, 6.45) is 1.55. The number of rotatable bonds is 4. The van der Waals surface area contributed by atoms with E-state index < -0.39 is 5.97 Å². The standard InChI is InChI=1S/C12H12O4/c1-2-15-6-8-7-16-10-5-3-4-9(11(8)10)12(13)14/h3-5,7H,2,6H2,1H3,(H,13,14). The number of hydrogen-bond acceptors (Lipinski definition) is 3. The molecule has 0 aliphatic heterocycles. The van der Waals surface area contributed by atoms with Gasteiger partial charge < -0.3 is 14.3 Å². The number of carboxylic acid groups (broad SMARTS) is 1. The van der Waals surface area contributed by atoms with Gasteiger partial charge in [0.15, 0.2) is 0 Å². The molecule has 16 heavy (non-hydrogen) atoms. The van der Waals surface area contributed by atoms with Crippen LogP contribution in [0, 0.1) is 0 Å². The van der Waals surface area contributed by atoms with Crippen LogP contribution in [-0.2, 0) is 11.3 Å². The summed E-state index contributed by atoms with van der Waals surface area (Å²) in [5, 5.41) is 9.70. The first-order valence-corrected chi connectivity index (χ1v) is 5.04. The molecule has 4 heteroatoms. The van der Waals surface area contributed by atoms with Crippen molar-refractivity contribution in [3.05, 3.63) is 35.6 Å². The summed E-state index contributed by atoms with van der Waals surface area (Å²) in [7, 11) is 0. The number of aromatic carboxylic acids is 1. The van der Waals surface area contributed by atoms with Gasteiger partial charge in [0, 0.05) is 17.6 Å². The van der Waals surface area contributed by atoms with Crippen LogP contribution in [0.1, 0.15) is 22.8 Å². The van der Waals surface area contributed by atoms with E-state index in [1.54, 1.807) is 24.5 Å². The molecule has 0 saturated heterocycles. The van der Waals surface area contributed by atoms with Crippen molar-refractivity contribution >= 4 is 16.9 Å². The molecule has 0 fully saturated rings. The highest BCUT2D eigenvalue weighted by atomic mass is 16.5. The van der Waals surface area contributed by atoms with Crippen LogP contribution in [-0.4, -0.2) is 17.7 Å². The minimum atomic E-state index is -0.954. The third kappa shape index (κ3) is 1.79. The van der Waals surface area contributed by atoms with Crippen LogP contribution in [0.4, 0.5) is 0 Å². The molecule has 0 bridgehead atoms. The smallest absolute Gasteiger partial charge is 0.336 e. The number of hydrogen-bond donors (Lipinski definition) is 1. The average Bonchev–Trinajstić information content (AvgIpc) is 2.69. The number of fused-ring (bicyclic) bond motifs is 1. The molecule has 1 heterocycles. The summed E-state index contributed by atoms with van der Waals surface area (Å²) in [4.78, 5) is 11.1. The van der Waals surface area contributed by atoms with E-state index in [4.69, 9.17) is 14.3 Å². The van der Waals surface area contributed by atoms with Gasteiger partial charge in [0.05, 0.1) is 18.4 Å². The molecule has 0 amide bonds. The van der Waals surface area contributed by atoms with Gasteiger partial charge in [-0.15, -0.1) is 0 Å². The molecule has 84 valence electrons. The maximum absolute atomic E-state index is 11.1. The zero-order valence-electron chi connectivity index (χ0n) is 8.90. The van der Waals surface area contributed by atoms with E-state index in [1.165, 1.54) is 0 Å². The molecule has 0 radical (unpaired) electrons. The number of carbonyl (C=O) groups is 1. The molecule has 0 unspecified atom stereocenters. The summed E-state index contributed by atoms with van der Waals surface area (Å²) in [6.45, 7) is 2.84. The van der Waals surface area contributed by atoms with E-state index in [-0.39, 0.29) is 5.56 Å². The molecule has 2 aromatic rings. The van der Waals surface area contributed by atoms with Crippen molar-refractivity contribution in [2.75, 3.05) is 6.61 Å². The first kappa shape index (κ1) is 10.7. The molecule has 1 aromatic heterocycles. The molecule has 1 aromatic carbocycles. The van der Waals surface area contributed by atoms with Gasteiger partial charge >= 0.3 is 5.97 Å². The van der Waals surface area contributed by atoms with Gasteiger partial charge in [-0.25, -0.2) is 4.79 Å². The van der Waals surface area contributed by atoms with Gasteiger partial charge in [0.1, 0.15) is 5.58 Å². The Morgan fingerprint density at radius 3 is 3.00 bits per heavy atom. The Balaban J connectivity index is 2.54. The quantitative estimate of drug-likeness (QED) is 0.860. The van der Waals surface area contributed by atoms with Crippen LogP contribution in [0.25, 0.3) is 11.0 Å². The van der Waals surface area contributed by atoms with Crippen LogP contribution < -0.4 is 0 Å². The lowest BCUT2D eigenvalue weighted by molar-refractivity contribution is 0.0699. The van der Waals surface area contributed by atoms with E-state index in [2.05, 4.69) is 0 Å². The van der Waals surface area contributed by atoms with E-state index in [9.17, 15) is 4.79 Å². The minimum Gasteiger partial charge on any atom is -0.478 e. The molecule has 0 atom stereocenters. The van der Waals surface area contributed by atoms with Crippen LogP contribution in [0.3, 0.4) is 0 Å². The summed E-state index contributed by atoms with van der Waals surface area (Å²) in [5.74, 6) is -0.954. The van der Waals surface area contributed by atoms with Gasteiger partial charge in [-0.2, -0.15) is 0 Å². The largest absolute Gasteiger partial charge is 0.478 e. The van der Waals surface area contributed by atoms with Crippen molar-refractivity contribution in [1.29, 1.82) is 0 Å². The Kier molecular flexibility index (Phi) is 2.92. The maximum Gasteiger partial charge on any atom is 0.336 e. The third-order valence-electron chi connectivity index (χ3n) is 2.37. The normalized spacial score (nSPS) is 10.8. The summed E-state index contributed by atoms with van der Waals surface area (Å²) in [6, 6.07) is 4.98. The second-order valence-electron chi connectivity index (χ2n) is 3.38. The first-order chi connectivity index (χ1) is 7.74. The zero-order chi connectivity index (χ0) is 11.5. The summed E-state index contributed by atoms with van der Waals surface area (Å²) < 4.78 is 10.6. The fourth-order valence-electron chi connectivity index (χ4n) is 1.65. The maximum atomic E-state index is 11.1. The second-order valence-corrected chi connectivity index (χ2v) is 3.38. The highest BCUT2D eigenvalue weighted by Crippen LogP contribution is 2.25. The summed E-state index contributed by atoms with van der Waals surface area (Å²) in [5.41, 5.74) is 1.60. The molecule has 1 N–H and O–H groups in total. The summed E-state index contributed by atoms with van der Waals surface area (Å²) >= 11 is 0. The Hall–Kier alpha value is -1.81. The molecule has 2 rings (SSSR count). The van der Waals surface area contributed by atoms with Gasteiger partial charge in [-0.05, 0) is 19.1 Å². The van der Waals surface area contributed by atoms with Gasteiger partial charge in [0.25, 0.3) is 0 Å². The highest BCUT2D eigenvalue weighted by Gasteiger charge is 2.14. The van der Waals surface area contributed by atoms with Gasteiger partial charge in [0.2, 0.25) is 0 Å². The van der Waals surface area contributed by atoms with Crippen LogP contribution >= 0.6 is 0 Å². The predicted octanol–water partition coefficient (Wildman–Crippen LogP) is 2.67. The third-order valence-corrected chi connectivity index (χ3v) is 2.37. The Labute approximate surface area is 92.4 Å². The van der Waals surface area contributed by atoms with Gasteiger partial charge in [-0.3, -0.25) is 0 Å². The van der Waals surface area contributed by atoms with Crippen molar-refractivity contribution in [3.8, 4) is 0 Å². The van der Waals surface area contributed by atoms with Crippen molar-refractivity contribution in [3.63, 3.8) is 0 Å². The lowest BCUT2D eigenvalue weighted by Gasteiger charge is -2.01. The second kappa shape index (κ2) is 4.37. The molecule has 0 saturated carbocycles. The van der Waals surface area contributed by atoms with Gasteiger partial charge in [-0.1, -0.05) is 6.07 Å². The van der Waals surface area contributed by atoms with Crippen LogP contribution in [0.15, 0.2) is 28.9 Å². The molecular formula is C12H12O4. The molecule has 0 spiro atoms. The Bertz CT molecular complexity index is 513. The topological polar surface area (TPSA) is 59.7 Å². The van der Waals surface area contributed by atoms with E-state index in [0.29, 0.717) is 24.2 Å². The zero-order valence-corrected chi connectivity index (χ0v) is 8.90. The number of furan rings is 1.